The topological polar surface area (TPSA) is 55.9 Å². The van der Waals surface area contributed by atoms with Crippen molar-refractivity contribution in [2.75, 3.05) is 0 Å². The Bertz CT molecular complexity index is 674. The van der Waals surface area contributed by atoms with E-state index in [0.29, 0.717) is 8.88 Å². The molecule has 0 bridgehead atoms. The summed E-state index contributed by atoms with van der Waals surface area (Å²) in [5, 5.41) is -1.06. The van der Waals surface area contributed by atoms with Crippen LogP contribution in [-0.2, 0) is 0 Å². The maximum atomic E-state index is 6.25. The molecular weight excluding hydrogens is 728 g/mol. The van der Waals surface area contributed by atoms with Crippen LogP contribution in [0.1, 0.15) is 0 Å². The average Bonchev–Trinajstić information content (AvgIpc) is 2.28. The number of hydrogen-bond acceptors (Lipinski definition) is 2. The van der Waals surface area contributed by atoms with Gasteiger partial charge in [-0.15, -0.1) is 0 Å². The minimum atomic E-state index is -4.86. The van der Waals surface area contributed by atoms with Crippen molar-refractivity contribution in [1.29, 1.82) is 0 Å². The van der Waals surface area contributed by atoms with E-state index in [-0.39, 0.29) is 0 Å². The van der Waals surface area contributed by atoms with Gasteiger partial charge in [-0.05, 0) is 0 Å². The molecule has 1 aliphatic heterocycles. The zero-order chi connectivity index (χ0) is 21.0. The second-order valence-corrected chi connectivity index (χ2v) is 38.2. The van der Waals surface area contributed by atoms with Gasteiger partial charge in [-0.2, -0.15) is 0 Å². The summed E-state index contributed by atoms with van der Waals surface area (Å²) in [5.41, 5.74) is 0. The Labute approximate surface area is 215 Å². The van der Waals surface area contributed by atoms with E-state index in [4.69, 9.17) is 158 Å². The van der Waals surface area contributed by atoms with Crippen molar-refractivity contribution in [3.63, 3.8) is 0 Å². The summed E-state index contributed by atoms with van der Waals surface area (Å²) in [6.07, 6.45) is 0. The molecule has 0 spiro atoms. The van der Waals surface area contributed by atoms with Crippen LogP contribution < -0.4 is 0 Å². The monoisotopic (exact) mass is 721 g/mol. The maximum absolute atomic E-state index is 6.25. The van der Waals surface area contributed by atoms with E-state index in [1.165, 1.54) is 0 Å². The predicted octanol–water partition coefficient (Wildman–Crippen LogP) is 12.6. The van der Waals surface area contributed by atoms with Gasteiger partial charge in [-0.3, -0.25) is 0 Å². The fourth-order valence-electron chi connectivity index (χ4n) is 1.35. The summed E-state index contributed by atoms with van der Waals surface area (Å²) in [6, 6.07) is 0. The number of hydrogen-bond donors (Lipinski definition) is 0. The summed E-state index contributed by atoms with van der Waals surface area (Å²) in [6.45, 7) is 0. The van der Waals surface area contributed by atoms with Crippen molar-refractivity contribution in [1.82, 2.24) is 8.88 Å². The van der Waals surface area contributed by atoms with Crippen LogP contribution in [0.4, 0.5) is 0 Å². The molecule has 156 valence electrons. The molecule has 1 heterocycles. The Kier molecular flexibility index (Phi) is 9.37. The molecule has 0 N–H and O–H groups in total. The fourth-order valence-corrected chi connectivity index (χ4v) is 33.6. The molecule has 6 nitrogen and oxygen atoms in total. The first-order valence-electron chi connectivity index (χ1n) is 4.90. The Hall–Kier alpha value is 4.32. The first-order valence-corrected chi connectivity index (χ1v) is 24.3. The summed E-state index contributed by atoms with van der Waals surface area (Å²) in [7, 11) is 0. The molecule has 0 atom stereocenters. The van der Waals surface area contributed by atoms with Crippen LogP contribution in [0, 0.1) is 0 Å². The van der Waals surface area contributed by atoms with Crippen LogP contribution in [0.15, 0.2) is 19.9 Å². The van der Waals surface area contributed by atoms with E-state index < -0.39 is 30.7 Å². The minimum absolute atomic E-state index is 0.611. The van der Waals surface area contributed by atoms with Crippen LogP contribution >= 0.6 is 178 Å². The van der Waals surface area contributed by atoms with Gasteiger partial charge in [0.15, 0.2) is 0 Å². The molecule has 0 aromatic heterocycles. The van der Waals surface area contributed by atoms with E-state index in [1.807, 2.05) is 0 Å². The van der Waals surface area contributed by atoms with Gasteiger partial charge in [0.05, 0.1) is 0 Å². The summed E-state index contributed by atoms with van der Waals surface area (Å²) in [5.74, 6) is 0. The Morgan fingerprint density at radius 3 is 1.00 bits per heavy atom. The zero-order valence-electron chi connectivity index (χ0n) is 10.8. The van der Waals surface area contributed by atoms with Gasteiger partial charge in [0.25, 0.3) is 0 Å². The first kappa shape index (κ1) is 28.4. The number of amidine groups is 2. The third kappa shape index (κ3) is 6.66. The van der Waals surface area contributed by atoms with Gasteiger partial charge >= 0.3 is 218 Å². The van der Waals surface area contributed by atoms with E-state index in [9.17, 15) is 0 Å². The van der Waals surface area contributed by atoms with E-state index in [0.717, 1.165) is 0 Å². The molecule has 0 aromatic carbocycles. The van der Waals surface area contributed by atoms with Crippen LogP contribution in [0.5, 0.6) is 0 Å². The molecule has 0 unspecified atom stereocenters. The molecule has 0 radical (unpaired) electrons. The molecule has 1 saturated heterocycles. The molecule has 0 amide bonds. The predicted molar refractivity (Wildman–Crippen MR) is 133 cm³/mol. The summed E-state index contributed by atoms with van der Waals surface area (Å²) in [4.78, 5) is -3.01. The van der Waals surface area contributed by atoms with Crippen molar-refractivity contribution >= 4 is 189 Å². The third-order valence-corrected chi connectivity index (χ3v) is 21.3. The third-order valence-electron chi connectivity index (χ3n) is 1.99. The fraction of sp³-hybridized carbons (Fsp3) is 0. The Morgan fingerprint density at radius 1 is 0.577 bits per heavy atom. The van der Waals surface area contributed by atoms with Crippen LogP contribution in [0.2, 0.25) is 0 Å². The number of rotatable bonds is 2. The Morgan fingerprint density at radius 2 is 0.808 bits per heavy atom. The van der Waals surface area contributed by atoms with Gasteiger partial charge in [0.1, 0.15) is 0 Å². The molecular formula is C2Cl14N6P4. The molecule has 0 saturated carbocycles. The van der Waals surface area contributed by atoms with E-state index in [1.54, 1.807) is 0 Å². The van der Waals surface area contributed by atoms with Crippen LogP contribution in [-0.4, -0.2) is 19.5 Å². The van der Waals surface area contributed by atoms with E-state index >= 15 is 0 Å². The van der Waals surface area contributed by atoms with Gasteiger partial charge in [-0.1, -0.05) is 0 Å². The number of halogens is 14. The normalized spacial score (nSPS) is 28.1. The van der Waals surface area contributed by atoms with Crippen molar-refractivity contribution in [2.45, 2.75) is 0 Å². The van der Waals surface area contributed by atoms with Crippen molar-refractivity contribution < 1.29 is 0 Å². The molecule has 1 aliphatic rings. The van der Waals surface area contributed by atoms with E-state index in [2.05, 4.69) is 19.9 Å². The van der Waals surface area contributed by atoms with Crippen LogP contribution in [0.3, 0.4) is 0 Å². The standard InChI is InChI=1S/C2Cl14N6P4/c3-1(17-19-23(5,6)7)21-25(11,12,13)22(26(21,14,15)16)2(4)18-20-24(8,9)10. The first-order chi connectivity index (χ1) is 11.1. The molecule has 24 heteroatoms. The summed E-state index contributed by atoms with van der Waals surface area (Å²) >= 11 is 82.6. The van der Waals surface area contributed by atoms with Crippen molar-refractivity contribution in [3.8, 4) is 0 Å². The van der Waals surface area contributed by atoms with Gasteiger partial charge in [-0.25, -0.2) is 0 Å². The molecule has 0 aliphatic carbocycles. The number of nitrogens with zero attached hydrogens (tertiary/aromatic N) is 6. The molecule has 0 aromatic rings. The molecule has 26 heavy (non-hydrogen) atoms. The quantitative estimate of drug-likeness (QED) is 0.0935. The van der Waals surface area contributed by atoms with Crippen molar-refractivity contribution in [2.24, 2.45) is 19.9 Å². The Balaban J connectivity index is 3.55. The zero-order valence-corrected chi connectivity index (χ0v) is 24.9. The van der Waals surface area contributed by atoms with Gasteiger partial charge in [0, 0.05) is 0 Å². The second kappa shape index (κ2) is 8.59. The average molecular weight is 728 g/mol. The molecule has 1 fully saturated rings. The molecule has 1 rings (SSSR count). The van der Waals surface area contributed by atoms with Gasteiger partial charge in [0.2, 0.25) is 0 Å². The summed E-state index contributed by atoms with van der Waals surface area (Å²) < 4.78 is 1.22. The SMILES string of the molecule is ClC(=NN=P(Cl)(Cl)Cl)N1P(Cl)(Cl)(Cl)N(C(Cl)=NN=P(Cl)(Cl)Cl)P1(Cl)(Cl)Cl. The van der Waals surface area contributed by atoms with Crippen molar-refractivity contribution in [3.05, 3.63) is 0 Å². The van der Waals surface area contributed by atoms with Gasteiger partial charge < -0.3 is 0 Å². The second-order valence-electron chi connectivity index (χ2n) is 3.80. The van der Waals surface area contributed by atoms with Crippen LogP contribution in [0.25, 0.3) is 0 Å².